The third-order valence-electron chi connectivity index (χ3n) is 3.29. The molecule has 2 rings (SSSR count). The molecule has 4 nitrogen and oxygen atoms in total. The maximum Gasteiger partial charge on any atom is 0.140 e. The molecule has 0 saturated carbocycles. The molecule has 0 aliphatic carbocycles. The maximum absolute atomic E-state index is 5.63. The van der Waals surface area contributed by atoms with Crippen LogP contribution >= 0.6 is 11.3 Å². The highest BCUT2D eigenvalue weighted by Crippen LogP contribution is 2.30. The van der Waals surface area contributed by atoms with Crippen LogP contribution in [0.15, 0.2) is 12.4 Å². The Balaban J connectivity index is 2.40. The molecule has 0 spiro atoms. The summed E-state index contributed by atoms with van der Waals surface area (Å²) in [4.78, 5) is 13.4. The number of nitrogens with two attached hydrogens (primary N) is 1. The Kier molecular flexibility index (Phi) is 4.14. The molecule has 2 N–H and O–H groups in total. The minimum absolute atomic E-state index is 0.387. The van der Waals surface area contributed by atoms with Crippen molar-refractivity contribution in [3.63, 3.8) is 0 Å². The molecule has 0 aliphatic heterocycles. The zero-order valence-electron chi connectivity index (χ0n) is 11.2. The Hall–Kier alpha value is -1.20. The Morgan fingerprint density at radius 2 is 2.22 bits per heavy atom. The number of hydrogen-bond acceptors (Lipinski definition) is 5. The summed E-state index contributed by atoms with van der Waals surface area (Å²) < 4.78 is 0. The average Bonchev–Trinajstić information content (AvgIpc) is 2.80. The molecule has 0 radical (unpaired) electrons. The van der Waals surface area contributed by atoms with Gasteiger partial charge in [-0.25, -0.2) is 9.97 Å². The molecule has 18 heavy (non-hydrogen) atoms. The predicted octanol–water partition coefficient (Wildman–Crippen LogP) is 2.43. The molecule has 1 atom stereocenters. The van der Waals surface area contributed by atoms with Crippen LogP contribution in [0.2, 0.25) is 0 Å². The van der Waals surface area contributed by atoms with Crippen LogP contribution in [0.5, 0.6) is 0 Å². The lowest BCUT2D eigenvalue weighted by Crippen LogP contribution is -2.31. The molecular weight excluding hydrogens is 244 g/mol. The monoisotopic (exact) mass is 264 g/mol. The van der Waals surface area contributed by atoms with Crippen molar-refractivity contribution in [3.8, 4) is 0 Å². The summed E-state index contributed by atoms with van der Waals surface area (Å²) in [6.45, 7) is 5.04. The highest BCUT2D eigenvalue weighted by atomic mass is 32.1. The lowest BCUT2D eigenvalue weighted by Gasteiger charge is -2.25. The highest BCUT2D eigenvalue weighted by Gasteiger charge is 2.15. The normalized spacial score (nSPS) is 12.9. The van der Waals surface area contributed by atoms with Gasteiger partial charge in [0.15, 0.2) is 0 Å². The topological polar surface area (TPSA) is 55.0 Å². The van der Waals surface area contributed by atoms with E-state index < -0.39 is 0 Å². The third kappa shape index (κ3) is 2.47. The standard InChI is InChI=1S/C13H20N4S/c1-4-10-7-11-12(15-8-16-13(11)18-10)17(3)9(2)5-6-14/h7-9H,4-6,14H2,1-3H3. The van der Waals surface area contributed by atoms with Crippen LogP contribution in [-0.2, 0) is 6.42 Å². The van der Waals surface area contributed by atoms with Crippen molar-refractivity contribution >= 4 is 27.4 Å². The second-order valence-electron chi connectivity index (χ2n) is 4.52. The van der Waals surface area contributed by atoms with Gasteiger partial charge in [-0.05, 0) is 32.4 Å². The van der Waals surface area contributed by atoms with Crippen LogP contribution in [-0.4, -0.2) is 29.6 Å². The average molecular weight is 264 g/mol. The number of anilines is 1. The molecule has 0 saturated heterocycles. The van der Waals surface area contributed by atoms with Crippen LogP contribution in [0.1, 0.15) is 25.1 Å². The fraction of sp³-hybridized carbons (Fsp3) is 0.538. The fourth-order valence-electron chi connectivity index (χ4n) is 1.99. The zero-order chi connectivity index (χ0) is 13.1. The Labute approximate surface area is 112 Å². The summed E-state index contributed by atoms with van der Waals surface area (Å²) >= 11 is 1.75. The lowest BCUT2D eigenvalue weighted by atomic mass is 10.2. The Bertz CT molecular complexity index is 523. The number of hydrogen-bond donors (Lipinski definition) is 1. The van der Waals surface area contributed by atoms with E-state index in [1.807, 2.05) is 0 Å². The summed E-state index contributed by atoms with van der Waals surface area (Å²) in [7, 11) is 2.07. The summed E-state index contributed by atoms with van der Waals surface area (Å²) in [6, 6.07) is 2.60. The molecule has 1 unspecified atom stereocenters. The molecule has 0 aliphatic rings. The maximum atomic E-state index is 5.63. The second-order valence-corrected chi connectivity index (χ2v) is 5.63. The first-order chi connectivity index (χ1) is 8.67. The van der Waals surface area contributed by atoms with Gasteiger partial charge >= 0.3 is 0 Å². The Morgan fingerprint density at radius 3 is 2.89 bits per heavy atom. The smallest absolute Gasteiger partial charge is 0.140 e. The van der Waals surface area contributed by atoms with Crippen LogP contribution in [0, 0.1) is 0 Å². The first kappa shape index (κ1) is 13.2. The van der Waals surface area contributed by atoms with Gasteiger partial charge in [0.25, 0.3) is 0 Å². The number of thiophene rings is 1. The summed E-state index contributed by atoms with van der Waals surface area (Å²) in [6.07, 6.45) is 3.66. The van der Waals surface area contributed by atoms with E-state index in [0.717, 1.165) is 28.9 Å². The van der Waals surface area contributed by atoms with Gasteiger partial charge in [0.05, 0.1) is 5.39 Å². The van der Waals surface area contributed by atoms with Crippen molar-refractivity contribution in [1.29, 1.82) is 0 Å². The molecule has 0 fully saturated rings. The van der Waals surface area contributed by atoms with Gasteiger partial charge in [-0.1, -0.05) is 6.92 Å². The lowest BCUT2D eigenvalue weighted by molar-refractivity contribution is 0.631. The molecule has 2 aromatic heterocycles. The van der Waals surface area contributed by atoms with E-state index in [0.29, 0.717) is 12.6 Å². The van der Waals surface area contributed by atoms with Crippen molar-refractivity contribution in [2.45, 2.75) is 32.7 Å². The van der Waals surface area contributed by atoms with Gasteiger partial charge in [0.2, 0.25) is 0 Å². The molecule has 2 heterocycles. The van der Waals surface area contributed by atoms with Gasteiger partial charge < -0.3 is 10.6 Å². The van der Waals surface area contributed by atoms with Crippen LogP contribution < -0.4 is 10.6 Å². The number of aromatic nitrogens is 2. The number of fused-ring (bicyclic) bond motifs is 1. The summed E-state index contributed by atoms with van der Waals surface area (Å²) in [5.74, 6) is 1.01. The fourth-order valence-corrected chi connectivity index (χ4v) is 2.92. The third-order valence-corrected chi connectivity index (χ3v) is 4.47. The molecule has 98 valence electrons. The molecule has 0 amide bonds. The minimum atomic E-state index is 0.387. The summed E-state index contributed by atoms with van der Waals surface area (Å²) in [5.41, 5.74) is 5.63. The van der Waals surface area contributed by atoms with Gasteiger partial charge in [-0.15, -0.1) is 11.3 Å². The Morgan fingerprint density at radius 1 is 1.44 bits per heavy atom. The molecule has 0 aromatic carbocycles. The van der Waals surface area contributed by atoms with Crippen molar-refractivity contribution in [1.82, 2.24) is 9.97 Å². The van der Waals surface area contributed by atoms with E-state index >= 15 is 0 Å². The number of rotatable bonds is 5. The minimum Gasteiger partial charge on any atom is -0.356 e. The summed E-state index contributed by atoms with van der Waals surface area (Å²) in [5, 5.41) is 1.16. The molecule has 2 aromatic rings. The second kappa shape index (κ2) is 5.63. The highest BCUT2D eigenvalue weighted by molar-refractivity contribution is 7.18. The van der Waals surface area contributed by atoms with Crippen molar-refractivity contribution in [2.75, 3.05) is 18.5 Å². The van der Waals surface area contributed by atoms with Crippen molar-refractivity contribution < 1.29 is 0 Å². The van der Waals surface area contributed by atoms with Gasteiger partial charge in [0.1, 0.15) is 17.0 Å². The first-order valence-electron chi connectivity index (χ1n) is 6.33. The van der Waals surface area contributed by atoms with E-state index in [4.69, 9.17) is 5.73 Å². The largest absolute Gasteiger partial charge is 0.356 e. The predicted molar refractivity (Wildman–Crippen MR) is 78.3 cm³/mol. The van der Waals surface area contributed by atoms with Crippen molar-refractivity contribution in [3.05, 3.63) is 17.3 Å². The quantitative estimate of drug-likeness (QED) is 0.901. The first-order valence-corrected chi connectivity index (χ1v) is 7.15. The van der Waals surface area contributed by atoms with Crippen molar-refractivity contribution in [2.24, 2.45) is 5.73 Å². The van der Waals surface area contributed by atoms with E-state index in [-0.39, 0.29) is 0 Å². The number of aryl methyl sites for hydroxylation is 1. The van der Waals surface area contributed by atoms with E-state index in [1.54, 1.807) is 17.7 Å². The van der Waals surface area contributed by atoms with E-state index in [9.17, 15) is 0 Å². The van der Waals surface area contributed by atoms with Gasteiger partial charge in [0, 0.05) is 18.0 Å². The molecule has 5 heteroatoms. The van der Waals surface area contributed by atoms with E-state index in [2.05, 4.69) is 41.8 Å². The molecule has 0 bridgehead atoms. The molecular formula is C13H20N4S. The van der Waals surface area contributed by atoms with E-state index in [1.165, 1.54) is 4.88 Å². The SMILES string of the molecule is CCc1cc2c(N(C)C(C)CCN)ncnc2s1. The van der Waals surface area contributed by atoms with Gasteiger partial charge in [-0.2, -0.15) is 0 Å². The van der Waals surface area contributed by atoms with Crippen LogP contribution in [0.4, 0.5) is 5.82 Å². The van der Waals surface area contributed by atoms with Crippen LogP contribution in [0.3, 0.4) is 0 Å². The van der Waals surface area contributed by atoms with Crippen LogP contribution in [0.25, 0.3) is 10.2 Å². The van der Waals surface area contributed by atoms with Gasteiger partial charge in [-0.3, -0.25) is 0 Å². The zero-order valence-corrected chi connectivity index (χ0v) is 12.0. The number of nitrogens with zero attached hydrogens (tertiary/aromatic N) is 3.